The number of thiol groups is 1. The lowest BCUT2D eigenvalue weighted by molar-refractivity contribution is 0.0957. The quantitative estimate of drug-likeness (QED) is 0.764. The SMILES string of the molecule is C=C(Cl)CNC(=O)c1cccc(S)c1. The highest BCUT2D eigenvalue weighted by Gasteiger charge is 2.04. The van der Waals surface area contributed by atoms with Gasteiger partial charge in [-0.2, -0.15) is 0 Å². The van der Waals surface area contributed by atoms with Gasteiger partial charge < -0.3 is 5.32 Å². The molecule has 0 aliphatic rings. The van der Waals surface area contributed by atoms with Gasteiger partial charge in [0.15, 0.2) is 0 Å². The third-order valence-electron chi connectivity index (χ3n) is 1.55. The van der Waals surface area contributed by atoms with Gasteiger partial charge in [-0.05, 0) is 18.2 Å². The summed E-state index contributed by atoms with van der Waals surface area (Å²) < 4.78 is 0. The molecule has 1 aromatic rings. The monoisotopic (exact) mass is 227 g/mol. The van der Waals surface area contributed by atoms with Crippen molar-refractivity contribution in [2.75, 3.05) is 6.54 Å². The van der Waals surface area contributed by atoms with Gasteiger partial charge in [-0.3, -0.25) is 4.79 Å². The Morgan fingerprint density at radius 2 is 2.29 bits per heavy atom. The topological polar surface area (TPSA) is 29.1 Å². The average Bonchev–Trinajstić information content (AvgIpc) is 2.14. The fourth-order valence-electron chi connectivity index (χ4n) is 0.925. The van der Waals surface area contributed by atoms with Gasteiger partial charge in [0.2, 0.25) is 0 Å². The lowest BCUT2D eigenvalue weighted by Crippen LogP contribution is -2.24. The molecule has 0 unspecified atom stereocenters. The molecule has 2 nitrogen and oxygen atoms in total. The van der Waals surface area contributed by atoms with Crippen LogP contribution in [0.3, 0.4) is 0 Å². The zero-order valence-corrected chi connectivity index (χ0v) is 9.11. The summed E-state index contributed by atoms with van der Waals surface area (Å²) in [6.07, 6.45) is 0. The summed E-state index contributed by atoms with van der Waals surface area (Å²) >= 11 is 9.65. The number of halogens is 1. The molecule has 1 aromatic carbocycles. The number of nitrogens with one attached hydrogen (secondary N) is 1. The molecule has 0 radical (unpaired) electrons. The average molecular weight is 228 g/mol. The summed E-state index contributed by atoms with van der Waals surface area (Å²) in [4.78, 5) is 12.2. The Kier molecular flexibility index (Phi) is 4.04. The maximum atomic E-state index is 11.5. The van der Waals surface area contributed by atoms with Crippen LogP contribution in [0.15, 0.2) is 40.8 Å². The molecule has 4 heteroatoms. The molecule has 0 saturated carbocycles. The molecule has 1 amide bonds. The van der Waals surface area contributed by atoms with Crippen LogP contribution in [0.4, 0.5) is 0 Å². The Balaban J connectivity index is 2.65. The van der Waals surface area contributed by atoms with Crippen molar-refractivity contribution in [3.8, 4) is 0 Å². The smallest absolute Gasteiger partial charge is 0.251 e. The molecule has 0 saturated heterocycles. The number of benzene rings is 1. The molecule has 1 rings (SSSR count). The molecule has 0 spiro atoms. The third-order valence-corrected chi connectivity index (χ3v) is 1.96. The number of hydrogen-bond donors (Lipinski definition) is 2. The van der Waals surface area contributed by atoms with Crippen molar-refractivity contribution < 1.29 is 4.79 Å². The summed E-state index contributed by atoms with van der Waals surface area (Å²) in [5.74, 6) is -0.178. The number of hydrogen-bond acceptors (Lipinski definition) is 2. The summed E-state index contributed by atoms with van der Waals surface area (Å²) in [7, 11) is 0. The largest absolute Gasteiger partial charge is 0.347 e. The van der Waals surface area contributed by atoms with Crippen LogP contribution in [0.25, 0.3) is 0 Å². The molecule has 0 aliphatic carbocycles. The second kappa shape index (κ2) is 5.08. The van der Waals surface area contributed by atoms with Crippen molar-refractivity contribution >= 4 is 30.1 Å². The second-order valence-corrected chi connectivity index (χ2v) is 3.80. The van der Waals surface area contributed by atoms with Gasteiger partial charge in [0, 0.05) is 15.5 Å². The minimum Gasteiger partial charge on any atom is -0.347 e. The molecule has 1 N–H and O–H groups in total. The predicted molar refractivity (Wildman–Crippen MR) is 61.0 cm³/mol. The van der Waals surface area contributed by atoms with Gasteiger partial charge in [-0.1, -0.05) is 24.2 Å². The van der Waals surface area contributed by atoms with Gasteiger partial charge in [-0.15, -0.1) is 12.6 Å². The molecule has 74 valence electrons. The summed E-state index contributed by atoms with van der Waals surface area (Å²) in [6, 6.07) is 6.98. The van der Waals surface area contributed by atoms with E-state index in [0.717, 1.165) is 4.90 Å². The van der Waals surface area contributed by atoms with Crippen molar-refractivity contribution in [1.82, 2.24) is 5.32 Å². The van der Waals surface area contributed by atoms with Crippen LogP contribution in [0.5, 0.6) is 0 Å². The lowest BCUT2D eigenvalue weighted by Gasteiger charge is -2.03. The Labute approximate surface area is 93.4 Å². The third kappa shape index (κ3) is 3.44. The van der Waals surface area contributed by atoms with Crippen molar-refractivity contribution in [1.29, 1.82) is 0 Å². The van der Waals surface area contributed by atoms with Crippen molar-refractivity contribution in [3.63, 3.8) is 0 Å². The molecule has 0 fully saturated rings. The maximum absolute atomic E-state index is 11.5. The Bertz CT molecular complexity index is 365. The molecule has 0 heterocycles. The minimum absolute atomic E-state index is 0.178. The predicted octanol–water partition coefficient (Wildman–Crippen LogP) is 2.46. The fourth-order valence-corrected chi connectivity index (χ4v) is 1.22. The summed E-state index contributed by atoms with van der Waals surface area (Å²) in [5.41, 5.74) is 0.565. The molecule has 0 aliphatic heterocycles. The zero-order chi connectivity index (χ0) is 10.6. The normalized spacial score (nSPS) is 9.57. The second-order valence-electron chi connectivity index (χ2n) is 2.75. The van der Waals surface area contributed by atoms with Crippen LogP contribution in [-0.4, -0.2) is 12.5 Å². The van der Waals surface area contributed by atoms with Crippen molar-refractivity contribution in [3.05, 3.63) is 41.4 Å². The van der Waals surface area contributed by atoms with Gasteiger partial charge in [0.05, 0.1) is 6.54 Å². The summed E-state index contributed by atoms with van der Waals surface area (Å²) in [5, 5.41) is 3.02. The first-order valence-corrected chi connectivity index (χ1v) is 4.82. The molecule has 0 bridgehead atoms. The van der Waals surface area contributed by atoms with Gasteiger partial charge in [-0.25, -0.2) is 0 Å². The van der Waals surface area contributed by atoms with Crippen LogP contribution in [0.2, 0.25) is 0 Å². The van der Waals surface area contributed by atoms with Crippen LogP contribution >= 0.6 is 24.2 Å². The first-order chi connectivity index (χ1) is 6.59. The number of rotatable bonds is 3. The number of carbonyl (C=O) groups is 1. The van der Waals surface area contributed by atoms with Crippen LogP contribution < -0.4 is 5.32 Å². The van der Waals surface area contributed by atoms with E-state index in [0.29, 0.717) is 10.6 Å². The standard InChI is InChI=1S/C10H10ClNOS/c1-7(11)6-12-10(13)8-3-2-4-9(14)5-8/h2-5,14H,1,6H2,(H,12,13). The van der Waals surface area contributed by atoms with Crippen LogP contribution in [0, 0.1) is 0 Å². The van der Waals surface area contributed by atoms with E-state index in [1.165, 1.54) is 0 Å². The van der Waals surface area contributed by atoms with E-state index in [1.807, 2.05) is 0 Å². The van der Waals surface area contributed by atoms with Crippen LogP contribution in [0.1, 0.15) is 10.4 Å². The van der Waals surface area contributed by atoms with Crippen LogP contribution in [-0.2, 0) is 0 Å². The minimum atomic E-state index is -0.178. The number of carbonyl (C=O) groups excluding carboxylic acids is 1. The van der Waals surface area contributed by atoms with E-state index in [2.05, 4.69) is 24.5 Å². The number of amides is 1. The fraction of sp³-hybridized carbons (Fsp3) is 0.100. The molecule has 0 aromatic heterocycles. The highest BCUT2D eigenvalue weighted by Crippen LogP contribution is 2.08. The molecular formula is C10H10ClNOS. The highest BCUT2D eigenvalue weighted by molar-refractivity contribution is 7.80. The molecular weight excluding hydrogens is 218 g/mol. The first kappa shape index (κ1) is 11.1. The van der Waals surface area contributed by atoms with E-state index in [4.69, 9.17) is 11.6 Å². The van der Waals surface area contributed by atoms with Crippen molar-refractivity contribution in [2.24, 2.45) is 0 Å². The van der Waals surface area contributed by atoms with E-state index in [1.54, 1.807) is 24.3 Å². The maximum Gasteiger partial charge on any atom is 0.251 e. The first-order valence-electron chi connectivity index (χ1n) is 4.00. The Morgan fingerprint density at radius 1 is 1.57 bits per heavy atom. The van der Waals surface area contributed by atoms with E-state index in [9.17, 15) is 4.79 Å². The molecule has 14 heavy (non-hydrogen) atoms. The van der Waals surface area contributed by atoms with E-state index >= 15 is 0 Å². The van der Waals surface area contributed by atoms with E-state index in [-0.39, 0.29) is 12.5 Å². The van der Waals surface area contributed by atoms with Gasteiger partial charge in [0.1, 0.15) is 0 Å². The van der Waals surface area contributed by atoms with Gasteiger partial charge >= 0.3 is 0 Å². The van der Waals surface area contributed by atoms with Gasteiger partial charge in [0.25, 0.3) is 5.91 Å². The summed E-state index contributed by atoms with van der Waals surface area (Å²) in [6.45, 7) is 3.75. The Morgan fingerprint density at radius 3 is 2.86 bits per heavy atom. The lowest BCUT2D eigenvalue weighted by atomic mass is 10.2. The van der Waals surface area contributed by atoms with Crippen molar-refractivity contribution in [2.45, 2.75) is 4.90 Å². The Hall–Kier alpha value is -0.930. The molecule has 0 atom stereocenters. The highest BCUT2D eigenvalue weighted by atomic mass is 35.5. The zero-order valence-electron chi connectivity index (χ0n) is 7.46. The van der Waals surface area contributed by atoms with E-state index < -0.39 is 0 Å².